The molecule has 13 heavy (non-hydrogen) atoms. The van der Waals surface area contributed by atoms with Gasteiger partial charge in [-0.3, -0.25) is 0 Å². The number of rotatable bonds is 2. The largest absolute Gasteiger partial charge is 0.471 e. The molecule has 0 heterocycles. The Morgan fingerprint density at radius 3 is 1.69 bits per heavy atom. The van der Waals surface area contributed by atoms with Crippen molar-refractivity contribution in [3.8, 4) is 0 Å². The molecule has 0 spiro atoms. The van der Waals surface area contributed by atoms with Crippen LogP contribution in [0, 0.1) is 0 Å². The van der Waals surface area contributed by atoms with E-state index in [1.807, 2.05) is 0 Å². The van der Waals surface area contributed by atoms with Crippen LogP contribution in [0.1, 0.15) is 0 Å². The molecule has 0 saturated carbocycles. The quantitative estimate of drug-likeness (QED) is 0.396. The van der Waals surface area contributed by atoms with Crippen LogP contribution in [-0.4, -0.2) is 25.9 Å². The third kappa shape index (κ3) is 2.01. The standard InChI is InChI=1S/C3F5NO3S/c4-2(5,6)3(7,8)13(11,12)9-1-10. The van der Waals surface area contributed by atoms with Crippen molar-refractivity contribution in [2.75, 3.05) is 0 Å². The molecule has 0 aromatic rings. The Balaban J connectivity index is 5.43. The van der Waals surface area contributed by atoms with Crippen molar-refractivity contribution in [2.45, 2.75) is 11.4 Å². The average molecular weight is 225 g/mol. The van der Waals surface area contributed by atoms with E-state index in [2.05, 4.69) is 0 Å². The molecule has 4 nitrogen and oxygen atoms in total. The van der Waals surface area contributed by atoms with E-state index < -0.39 is 21.5 Å². The van der Waals surface area contributed by atoms with Crippen molar-refractivity contribution in [1.82, 2.24) is 0 Å². The van der Waals surface area contributed by atoms with E-state index in [9.17, 15) is 35.2 Å². The lowest BCUT2D eigenvalue weighted by atomic mass is 10.7. The molecule has 0 unspecified atom stereocenters. The Kier molecular flexibility index (Phi) is 2.80. The number of carbonyl (C=O) groups excluding carboxylic acids is 1. The number of isocyanates is 1. The summed E-state index contributed by atoms with van der Waals surface area (Å²) in [5.41, 5.74) is 0. The highest BCUT2D eigenvalue weighted by molar-refractivity contribution is 7.91. The van der Waals surface area contributed by atoms with Crippen LogP contribution in [0.3, 0.4) is 0 Å². The first-order chi connectivity index (χ1) is 5.56. The van der Waals surface area contributed by atoms with Crippen molar-refractivity contribution in [1.29, 1.82) is 0 Å². The summed E-state index contributed by atoms with van der Waals surface area (Å²) in [6.07, 6.45) is -6.22. The second-order valence-corrected chi connectivity index (χ2v) is 3.32. The van der Waals surface area contributed by atoms with Gasteiger partial charge >= 0.3 is 21.5 Å². The Morgan fingerprint density at radius 1 is 1.08 bits per heavy atom. The zero-order chi connectivity index (χ0) is 10.9. The van der Waals surface area contributed by atoms with Gasteiger partial charge in [0.25, 0.3) is 6.08 Å². The SMILES string of the molecule is O=C=NS(=O)(=O)C(F)(F)C(F)(F)F. The van der Waals surface area contributed by atoms with Crippen LogP contribution >= 0.6 is 0 Å². The summed E-state index contributed by atoms with van der Waals surface area (Å²) in [4.78, 5) is 9.22. The van der Waals surface area contributed by atoms with Crippen LogP contribution < -0.4 is 0 Å². The van der Waals surface area contributed by atoms with Gasteiger partial charge in [-0.15, -0.1) is 0 Å². The molecule has 0 aliphatic carbocycles. The first-order valence-electron chi connectivity index (χ1n) is 2.34. The number of nitrogens with zero attached hydrogens (tertiary/aromatic N) is 1. The molecule has 0 atom stereocenters. The zero-order valence-corrected chi connectivity index (χ0v) is 6.29. The molecule has 0 saturated heterocycles. The van der Waals surface area contributed by atoms with E-state index in [1.165, 1.54) is 4.40 Å². The molecule has 0 bridgehead atoms. The summed E-state index contributed by atoms with van der Waals surface area (Å²) in [6.45, 7) is 0. The van der Waals surface area contributed by atoms with Crippen molar-refractivity contribution in [2.24, 2.45) is 4.40 Å². The van der Waals surface area contributed by atoms with E-state index >= 15 is 0 Å². The van der Waals surface area contributed by atoms with Crippen LogP contribution in [-0.2, 0) is 14.8 Å². The van der Waals surface area contributed by atoms with E-state index in [0.717, 1.165) is 0 Å². The van der Waals surface area contributed by atoms with Crippen molar-refractivity contribution in [3.63, 3.8) is 0 Å². The fourth-order valence-electron chi connectivity index (χ4n) is 0.253. The van der Waals surface area contributed by atoms with Gasteiger partial charge in [-0.1, -0.05) is 4.40 Å². The molecule has 0 fully saturated rings. The van der Waals surface area contributed by atoms with Gasteiger partial charge in [0.15, 0.2) is 0 Å². The molecule has 0 amide bonds. The predicted molar refractivity (Wildman–Crippen MR) is 28.0 cm³/mol. The van der Waals surface area contributed by atoms with Gasteiger partial charge in [0, 0.05) is 0 Å². The van der Waals surface area contributed by atoms with Gasteiger partial charge in [-0.25, -0.2) is 4.79 Å². The third-order valence-electron chi connectivity index (χ3n) is 0.811. The van der Waals surface area contributed by atoms with E-state index in [1.54, 1.807) is 0 Å². The maximum absolute atomic E-state index is 11.9. The summed E-state index contributed by atoms with van der Waals surface area (Å²) in [5, 5.41) is -6.07. The Hall–Kier alpha value is -1.02. The number of hydrogen-bond donors (Lipinski definition) is 0. The molecule has 76 valence electrons. The maximum Gasteiger partial charge on any atom is 0.471 e. The van der Waals surface area contributed by atoms with E-state index in [-0.39, 0.29) is 6.08 Å². The summed E-state index contributed by atoms with van der Waals surface area (Å²) < 4.78 is 79.2. The van der Waals surface area contributed by atoms with Gasteiger partial charge in [0.2, 0.25) is 0 Å². The summed E-state index contributed by atoms with van der Waals surface area (Å²) in [5.74, 6) is 0. The first-order valence-corrected chi connectivity index (χ1v) is 3.78. The highest BCUT2D eigenvalue weighted by Gasteiger charge is 2.68. The molecule has 0 aliphatic rings. The number of hydrogen-bond acceptors (Lipinski definition) is 3. The second kappa shape index (κ2) is 3.04. The molecule has 0 aromatic carbocycles. The predicted octanol–water partition coefficient (Wildman–Crippen LogP) is 0.807. The number of alkyl halides is 5. The van der Waals surface area contributed by atoms with Gasteiger partial charge in [0.1, 0.15) is 0 Å². The van der Waals surface area contributed by atoms with E-state index in [4.69, 9.17) is 0 Å². The topological polar surface area (TPSA) is 63.6 Å². The Bertz CT molecular complexity index is 337. The second-order valence-electron chi connectivity index (χ2n) is 1.67. The van der Waals surface area contributed by atoms with Gasteiger partial charge < -0.3 is 0 Å². The molecule has 0 rings (SSSR count). The molecule has 10 heteroatoms. The molecule has 0 aliphatic heterocycles. The Labute approximate surface area is 68.1 Å². The molecule has 0 aromatic heterocycles. The molecular weight excluding hydrogens is 225 g/mol. The van der Waals surface area contributed by atoms with Crippen LogP contribution in [0.4, 0.5) is 22.0 Å². The van der Waals surface area contributed by atoms with Gasteiger partial charge in [-0.2, -0.15) is 30.4 Å². The minimum absolute atomic E-state index is 0.0932. The lowest BCUT2D eigenvalue weighted by molar-refractivity contribution is -0.241. The van der Waals surface area contributed by atoms with Crippen LogP contribution in [0.15, 0.2) is 4.40 Å². The fraction of sp³-hybridized carbons (Fsp3) is 0.667. The third-order valence-corrected chi connectivity index (χ3v) is 2.01. The van der Waals surface area contributed by atoms with Crippen LogP contribution in [0.5, 0.6) is 0 Å². The minimum atomic E-state index is -6.31. The lowest BCUT2D eigenvalue weighted by Gasteiger charge is -2.15. The van der Waals surface area contributed by atoms with Gasteiger partial charge in [-0.05, 0) is 0 Å². The van der Waals surface area contributed by atoms with Crippen molar-refractivity contribution in [3.05, 3.63) is 0 Å². The molecule has 0 radical (unpaired) electrons. The maximum atomic E-state index is 11.9. The van der Waals surface area contributed by atoms with Crippen LogP contribution in [0.2, 0.25) is 0 Å². The summed E-state index contributed by atoms with van der Waals surface area (Å²) >= 11 is 0. The minimum Gasteiger partial charge on any atom is -0.210 e. The van der Waals surface area contributed by atoms with Gasteiger partial charge in [0.05, 0.1) is 0 Å². The smallest absolute Gasteiger partial charge is 0.210 e. The average Bonchev–Trinajstić information content (AvgIpc) is 1.84. The normalized spacial score (nSPS) is 13.6. The highest BCUT2D eigenvalue weighted by atomic mass is 32.2. The monoisotopic (exact) mass is 225 g/mol. The number of halogens is 5. The van der Waals surface area contributed by atoms with E-state index in [0.29, 0.717) is 0 Å². The summed E-state index contributed by atoms with van der Waals surface area (Å²) in [6, 6.07) is 0. The zero-order valence-electron chi connectivity index (χ0n) is 5.47. The Morgan fingerprint density at radius 2 is 1.46 bits per heavy atom. The molecule has 0 N–H and O–H groups in total. The van der Waals surface area contributed by atoms with Crippen LogP contribution in [0.25, 0.3) is 0 Å². The lowest BCUT2D eigenvalue weighted by Crippen LogP contribution is -2.42. The van der Waals surface area contributed by atoms with Crippen molar-refractivity contribution >= 4 is 16.1 Å². The first kappa shape index (κ1) is 12.0. The summed E-state index contributed by atoms with van der Waals surface area (Å²) in [7, 11) is -6.22. The molecular formula is C3F5NO3S. The highest BCUT2D eigenvalue weighted by Crippen LogP contribution is 2.40. The number of sulfonamides is 1. The van der Waals surface area contributed by atoms with Crippen molar-refractivity contribution < 1.29 is 35.2 Å². The fourth-order valence-corrected chi connectivity index (χ4v) is 0.758.